The number of nitrogens with one attached hydrogen (secondary N) is 1. The van der Waals surface area contributed by atoms with Gasteiger partial charge in [0.15, 0.2) is 6.61 Å². The molecule has 104 valence electrons. The molecule has 0 aliphatic heterocycles. The number of hydrogen-bond acceptors (Lipinski definition) is 2. The maximum absolute atomic E-state index is 11.8. The highest BCUT2D eigenvalue weighted by atomic mass is 35.5. The van der Waals surface area contributed by atoms with Crippen molar-refractivity contribution in [3.8, 4) is 5.75 Å². The third-order valence-corrected chi connectivity index (χ3v) is 3.71. The first-order chi connectivity index (χ1) is 9.15. The second kappa shape index (κ2) is 6.80. The lowest BCUT2D eigenvalue weighted by molar-refractivity contribution is -0.124. The number of benzene rings is 1. The van der Waals surface area contributed by atoms with Gasteiger partial charge in [0.2, 0.25) is 0 Å². The van der Waals surface area contributed by atoms with Crippen LogP contribution in [0.25, 0.3) is 0 Å². The van der Waals surface area contributed by atoms with Crippen LogP contribution in [-0.2, 0) is 4.79 Å². The van der Waals surface area contributed by atoms with Gasteiger partial charge in [-0.05, 0) is 37.5 Å². The Labute approximate surface area is 119 Å². The van der Waals surface area contributed by atoms with Crippen molar-refractivity contribution in [2.75, 3.05) is 6.61 Å². The van der Waals surface area contributed by atoms with Crippen LogP contribution >= 0.6 is 11.6 Å². The van der Waals surface area contributed by atoms with Crippen molar-refractivity contribution < 1.29 is 9.53 Å². The van der Waals surface area contributed by atoms with Gasteiger partial charge in [0.1, 0.15) is 5.75 Å². The van der Waals surface area contributed by atoms with Crippen molar-refractivity contribution in [3.05, 3.63) is 28.8 Å². The molecule has 19 heavy (non-hydrogen) atoms. The average molecular weight is 282 g/mol. The van der Waals surface area contributed by atoms with Crippen LogP contribution in [0.5, 0.6) is 5.75 Å². The van der Waals surface area contributed by atoms with E-state index in [2.05, 4.69) is 5.32 Å². The van der Waals surface area contributed by atoms with Crippen LogP contribution in [0.3, 0.4) is 0 Å². The van der Waals surface area contributed by atoms with Crippen LogP contribution in [-0.4, -0.2) is 18.6 Å². The Morgan fingerprint density at radius 3 is 2.84 bits per heavy atom. The van der Waals surface area contributed by atoms with Crippen molar-refractivity contribution in [1.82, 2.24) is 5.32 Å². The van der Waals surface area contributed by atoms with Gasteiger partial charge in [0, 0.05) is 11.1 Å². The van der Waals surface area contributed by atoms with E-state index in [-0.39, 0.29) is 12.5 Å². The fraction of sp³-hybridized carbons (Fsp3) is 0.533. The lowest BCUT2D eigenvalue weighted by Crippen LogP contribution is -2.39. The average Bonchev–Trinajstić information content (AvgIpc) is 2.41. The van der Waals surface area contributed by atoms with Gasteiger partial charge in [-0.3, -0.25) is 4.79 Å². The fourth-order valence-electron chi connectivity index (χ4n) is 2.39. The largest absolute Gasteiger partial charge is 0.483 e. The van der Waals surface area contributed by atoms with Crippen LogP contribution in [0, 0.1) is 6.92 Å². The molecule has 0 radical (unpaired) electrons. The second-order valence-corrected chi connectivity index (χ2v) is 5.54. The Balaban J connectivity index is 1.81. The van der Waals surface area contributed by atoms with E-state index < -0.39 is 0 Å². The minimum atomic E-state index is -0.0497. The summed E-state index contributed by atoms with van der Waals surface area (Å²) in [5.41, 5.74) is 0.981. The maximum Gasteiger partial charge on any atom is 0.258 e. The molecule has 1 N–H and O–H groups in total. The van der Waals surface area contributed by atoms with E-state index in [1.807, 2.05) is 19.1 Å². The van der Waals surface area contributed by atoms with Gasteiger partial charge in [-0.2, -0.15) is 0 Å². The third kappa shape index (κ3) is 4.43. The molecule has 1 amide bonds. The first-order valence-corrected chi connectivity index (χ1v) is 7.21. The quantitative estimate of drug-likeness (QED) is 0.918. The second-order valence-electron chi connectivity index (χ2n) is 5.10. The van der Waals surface area contributed by atoms with Crippen molar-refractivity contribution in [1.29, 1.82) is 0 Å². The minimum Gasteiger partial charge on any atom is -0.483 e. The number of carbonyl (C=O) groups is 1. The summed E-state index contributed by atoms with van der Waals surface area (Å²) in [7, 11) is 0. The predicted octanol–water partition coefficient (Wildman–Crippen LogP) is 3.48. The highest BCUT2D eigenvalue weighted by Gasteiger charge is 2.16. The highest BCUT2D eigenvalue weighted by molar-refractivity contribution is 6.30. The summed E-state index contributed by atoms with van der Waals surface area (Å²) < 4.78 is 5.52. The monoisotopic (exact) mass is 281 g/mol. The van der Waals surface area contributed by atoms with Crippen molar-refractivity contribution >= 4 is 17.5 Å². The lowest BCUT2D eigenvalue weighted by atomic mass is 9.95. The summed E-state index contributed by atoms with van der Waals surface area (Å²) in [6.45, 7) is 1.99. The molecule has 3 nitrogen and oxygen atoms in total. The molecule has 4 heteroatoms. The number of amides is 1. The van der Waals surface area contributed by atoms with E-state index in [9.17, 15) is 4.79 Å². The van der Waals surface area contributed by atoms with Crippen LogP contribution in [0.4, 0.5) is 0 Å². The number of rotatable bonds is 4. The van der Waals surface area contributed by atoms with E-state index in [1.165, 1.54) is 19.3 Å². The molecule has 1 aromatic rings. The summed E-state index contributed by atoms with van der Waals surface area (Å²) >= 11 is 5.91. The molecule has 1 aromatic carbocycles. The summed E-state index contributed by atoms with van der Waals surface area (Å²) in [6.07, 6.45) is 5.87. The molecule has 0 saturated heterocycles. The van der Waals surface area contributed by atoms with E-state index in [4.69, 9.17) is 16.3 Å². The molecule has 1 saturated carbocycles. The molecule has 1 fully saturated rings. The predicted molar refractivity (Wildman–Crippen MR) is 76.7 cm³/mol. The molecule has 0 bridgehead atoms. The summed E-state index contributed by atoms with van der Waals surface area (Å²) in [5.74, 6) is 0.623. The Kier molecular flexibility index (Phi) is 5.08. The van der Waals surface area contributed by atoms with Gasteiger partial charge in [-0.1, -0.05) is 36.9 Å². The van der Waals surface area contributed by atoms with Crippen LogP contribution in [0.2, 0.25) is 5.02 Å². The molecule has 0 heterocycles. The molecule has 2 rings (SSSR count). The fourth-order valence-corrected chi connectivity index (χ4v) is 2.55. The SMILES string of the molecule is Cc1ccc(Cl)cc1OCC(=O)NC1CCCCC1. The molecule has 0 unspecified atom stereocenters. The Morgan fingerprint density at radius 2 is 2.11 bits per heavy atom. The molecule has 1 aliphatic rings. The van der Waals surface area contributed by atoms with Gasteiger partial charge in [-0.15, -0.1) is 0 Å². The Hall–Kier alpha value is -1.22. The first kappa shape index (κ1) is 14.2. The molecule has 0 atom stereocenters. The molecule has 1 aliphatic carbocycles. The van der Waals surface area contributed by atoms with E-state index in [0.717, 1.165) is 18.4 Å². The van der Waals surface area contributed by atoms with E-state index >= 15 is 0 Å². The number of hydrogen-bond donors (Lipinski definition) is 1. The van der Waals surface area contributed by atoms with Crippen LogP contribution < -0.4 is 10.1 Å². The molecular weight excluding hydrogens is 262 g/mol. The van der Waals surface area contributed by atoms with Crippen molar-refractivity contribution in [2.24, 2.45) is 0 Å². The normalized spacial score (nSPS) is 16.1. The van der Waals surface area contributed by atoms with Crippen molar-refractivity contribution in [3.63, 3.8) is 0 Å². The van der Waals surface area contributed by atoms with E-state index in [1.54, 1.807) is 6.07 Å². The highest BCUT2D eigenvalue weighted by Crippen LogP contribution is 2.22. The number of carbonyl (C=O) groups excluding carboxylic acids is 1. The number of ether oxygens (including phenoxy) is 1. The van der Waals surface area contributed by atoms with Gasteiger partial charge in [-0.25, -0.2) is 0 Å². The summed E-state index contributed by atoms with van der Waals surface area (Å²) in [4.78, 5) is 11.8. The van der Waals surface area contributed by atoms with Gasteiger partial charge in [0.05, 0.1) is 0 Å². The molecular formula is C15H20ClNO2. The zero-order chi connectivity index (χ0) is 13.7. The van der Waals surface area contributed by atoms with Gasteiger partial charge >= 0.3 is 0 Å². The summed E-state index contributed by atoms with van der Waals surface area (Å²) in [5, 5.41) is 3.65. The first-order valence-electron chi connectivity index (χ1n) is 6.83. The maximum atomic E-state index is 11.8. The summed E-state index contributed by atoms with van der Waals surface area (Å²) in [6, 6.07) is 5.76. The lowest BCUT2D eigenvalue weighted by Gasteiger charge is -2.22. The Bertz CT molecular complexity index is 442. The minimum absolute atomic E-state index is 0.0497. The van der Waals surface area contributed by atoms with Crippen LogP contribution in [0.1, 0.15) is 37.7 Å². The van der Waals surface area contributed by atoms with Crippen LogP contribution in [0.15, 0.2) is 18.2 Å². The van der Waals surface area contributed by atoms with Gasteiger partial charge in [0.25, 0.3) is 5.91 Å². The third-order valence-electron chi connectivity index (χ3n) is 3.48. The zero-order valence-electron chi connectivity index (χ0n) is 11.2. The number of aryl methyl sites for hydroxylation is 1. The molecule has 0 spiro atoms. The standard InChI is InChI=1S/C15H20ClNO2/c1-11-7-8-12(16)9-14(11)19-10-15(18)17-13-5-3-2-4-6-13/h7-9,13H,2-6,10H2,1H3,(H,17,18). The van der Waals surface area contributed by atoms with Gasteiger partial charge < -0.3 is 10.1 Å². The Morgan fingerprint density at radius 1 is 1.37 bits per heavy atom. The topological polar surface area (TPSA) is 38.3 Å². The number of halogens is 1. The van der Waals surface area contributed by atoms with E-state index in [0.29, 0.717) is 16.8 Å². The smallest absolute Gasteiger partial charge is 0.258 e. The zero-order valence-corrected chi connectivity index (χ0v) is 12.0. The van der Waals surface area contributed by atoms with Crippen molar-refractivity contribution in [2.45, 2.75) is 45.1 Å². The molecule has 0 aromatic heterocycles.